The van der Waals surface area contributed by atoms with Gasteiger partial charge in [-0.05, 0) is 18.2 Å². The van der Waals surface area contributed by atoms with E-state index in [0.29, 0.717) is 19.0 Å². The summed E-state index contributed by atoms with van der Waals surface area (Å²) in [5.41, 5.74) is 0. The van der Waals surface area contributed by atoms with Gasteiger partial charge < -0.3 is 0 Å². The standard InChI is InChI=1S/C11H10Cl2FN3O2S2/c1-16(2)21(18,19)17-11(9(14)6-15-17)20-10-4-3-7(12)5-8(10)13/h3-6H,1-2H3. The van der Waals surface area contributed by atoms with Crippen LogP contribution in [-0.2, 0) is 10.2 Å². The smallest absolute Gasteiger partial charge is 0.202 e. The minimum atomic E-state index is -3.92. The van der Waals surface area contributed by atoms with E-state index in [1.165, 1.54) is 20.2 Å². The van der Waals surface area contributed by atoms with E-state index < -0.39 is 16.0 Å². The normalized spacial score (nSPS) is 12.1. The van der Waals surface area contributed by atoms with E-state index in [-0.39, 0.29) is 5.03 Å². The first kappa shape index (κ1) is 16.6. The molecule has 0 saturated carbocycles. The highest BCUT2D eigenvalue weighted by Crippen LogP contribution is 2.36. The highest BCUT2D eigenvalue weighted by molar-refractivity contribution is 8.00. The summed E-state index contributed by atoms with van der Waals surface area (Å²) in [6, 6.07) is 4.65. The fourth-order valence-electron chi connectivity index (χ4n) is 1.37. The van der Waals surface area contributed by atoms with Crippen LogP contribution in [0.15, 0.2) is 34.3 Å². The van der Waals surface area contributed by atoms with Crippen molar-refractivity contribution in [2.24, 2.45) is 0 Å². The third-order valence-corrected chi connectivity index (χ3v) is 5.98. The average Bonchev–Trinajstić information content (AvgIpc) is 2.75. The first-order chi connectivity index (χ1) is 9.73. The van der Waals surface area contributed by atoms with Crippen LogP contribution < -0.4 is 0 Å². The molecular weight excluding hydrogens is 360 g/mol. The van der Waals surface area contributed by atoms with Crippen LogP contribution in [0.3, 0.4) is 0 Å². The van der Waals surface area contributed by atoms with Crippen LogP contribution in [-0.4, -0.2) is 36.0 Å². The second-order valence-electron chi connectivity index (χ2n) is 4.11. The predicted octanol–water partition coefficient (Wildman–Crippen LogP) is 3.13. The molecule has 0 radical (unpaired) electrons. The second-order valence-corrected chi connectivity index (χ2v) is 7.95. The van der Waals surface area contributed by atoms with Crippen LogP contribution >= 0.6 is 35.0 Å². The van der Waals surface area contributed by atoms with E-state index in [9.17, 15) is 12.8 Å². The molecule has 1 aromatic heterocycles. The molecule has 0 N–H and O–H groups in total. The maximum atomic E-state index is 13.8. The SMILES string of the molecule is CN(C)S(=O)(=O)n1ncc(F)c1Sc1ccc(Cl)cc1Cl. The maximum Gasteiger partial charge on any atom is 0.323 e. The summed E-state index contributed by atoms with van der Waals surface area (Å²) in [5.74, 6) is -0.753. The van der Waals surface area contributed by atoms with E-state index in [2.05, 4.69) is 5.10 Å². The fourth-order valence-corrected chi connectivity index (χ4v) is 3.84. The first-order valence-electron chi connectivity index (χ1n) is 5.53. The topological polar surface area (TPSA) is 55.2 Å². The Morgan fingerprint density at radius 3 is 2.57 bits per heavy atom. The highest BCUT2D eigenvalue weighted by atomic mass is 35.5. The Balaban J connectivity index is 2.48. The van der Waals surface area contributed by atoms with E-state index in [4.69, 9.17) is 23.2 Å². The molecule has 2 rings (SSSR count). The highest BCUT2D eigenvalue weighted by Gasteiger charge is 2.25. The van der Waals surface area contributed by atoms with Gasteiger partial charge in [0.1, 0.15) is 0 Å². The van der Waals surface area contributed by atoms with Gasteiger partial charge in [-0.3, -0.25) is 0 Å². The monoisotopic (exact) mass is 369 g/mol. The molecule has 114 valence electrons. The third-order valence-electron chi connectivity index (χ3n) is 2.43. The summed E-state index contributed by atoms with van der Waals surface area (Å²) in [6.07, 6.45) is 0.840. The largest absolute Gasteiger partial charge is 0.323 e. The summed E-state index contributed by atoms with van der Waals surface area (Å²) in [7, 11) is -1.25. The summed E-state index contributed by atoms with van der Waals surface area (Å²) in [4.78, 5) is 0.468. The summed E-state index contributed by atoms with van der Waals surface area (Å²) in [5, 5.41) is 4.12. The van der Waals surface area contributed by atoms with Gasteiger partial charge in [-0.2, -0.15) is 17.8 Å². The number of nitrogens with zero attached hydrogens (tertiary/aromatic N) is 3. The molecule has 0 atom stereocenters. The Morgan fingerprint density at radius 1 is 1.33 bits per heavy atom. The summed E-state index contributed by atoms with van der Waals surface area (Å²) >= 11 is 12.7. The van der Waals surface area contributed by atoms with Crippen molar-refractivity contribution < 1.29 is 12.8 Å². The Labute approximate surface area is 135 Å². The van der Waals surface area contributed by atoms with Gasteiger partial charge in [0, 0.05) is 24.0 Å². The van der Waals surface area contributed by atoms with Gasteiger partial charge in [-0.25, -0.2) is 4.39 Å². The minimum Gasteiger partial charge on any atom is -0.202 e. The minimum absolute atomic E-state index is 0.173. The number of halogens is 3. The molecule has 0 unspecified atom stereocenters. The molecule has 10 heteroatoms. The van der Waals surface area contributed by atoms with Gasteiger partial charge in [0.2, 0.25) is 0 Å². The molecule has 1 heterocycles. The lowest BCUT2D eigenvalue weighted by Gasteiger charge is -2.13. The van der Waals surface area contributed by atoms with E-state index in [1.54, 1.807) is 12.1 Å². The van der Waals surface area contributed by atoms with Gasteiger partial charge in [0.15, 0.2) is 10.8 Å². The van der Waals surface area contributed by atoms with Crippen LogP contribution in [0.1, 0.15) is 0 Å². The van der Waals surface area contributed by atoms with Gasteiger partial charge in [0.05, 0.1) is 11.2 Å². The molecule has 5 nitrogen and oxygen atoms in total. The van der Waals surface area contributed by atoms with Crippen LogP contribution in [0.4, 0.5) is 4.39 Å². The van der Waals surface area contributed by atoms with Crippen LogP contribution in [0.25, 0.3) is 0 Å². The molecule has 0 bridgehead atoms. The zero-order chi connectivity index (χ0) is 15.8. The average molecular weight is 370 g/mol. The van der Waals surface area contributed by atoms with Crippen LogP contribution in [0.5, 0.6) is 0 Å². The lowest BCUT2D eigenvalue weighted by atomic mass is 10.4. The molecule has 0 aliphatic heterocycles. The molecule has 0 saturated heterocycles. The van der Waals surface area contributed by atoms with Crippen molar-refractivity contribution in [1.29, 1.82) is 0 Å². The van der Waals surface area contributed by atoms with E-state index in [0.717, 1.165) is 22.3 Å². The zero-order valence-electron chi connectivity index (χ0n) is 10.9. The van der Waals surface area contributed by atoms with Crippen molar-refractivity contribution in [3.63, 3.8) is 0 Å². The van der Waals surface area contributed by atoms with E-state index >= 15 is 0 Å². The molecule has 2 aromatic rings. The zero-order valence-corrected chi connectivity index (χ0v) is 14.1. The molecule has 0 aliphatic rings. The van der Waals surface area contributed by atoms with Crippen molar-refractivity contribution in [2.75, 3.05) is 14.1 Å². The van der Waals surface area contributed by atoms with Crippen molar-refractivity contribution in [3.8, 4) is 0 Å². The van der Waals surface area contributed by atoms with Crippen LogP contribution in [0.2, 0.25) is 10.0 Å². The first-order valence-corrected chi connectivity index (χ1v) is 8.50. The van der Waals surface area contributed by atoms with Crippen molar-refractivity contribution in [2.45, 2.75) is 9.92 Å². The number of aromatic nitrogens is 2. The molecule has 0 amide bonds. The molecule has 21 heavy (non-hydrogen) atoms. The maximum absolute atomic E-state index is 13.8. The molecule has 0 fully saturated rings. The van der Waals surface area contributed by atoms with Gasteiger partial charge in [-0.15, -0.1) is 4.09 Å². The van der Waals surface area contributed by atoms with Crippen molar-refractivity contribution >= 4 is 45.2 Å². The number of benzene rings is 1. The lowest BCUT2D eigenvalue weighted by Crippen LogP contribution is -2.30. The third kappa shape index (κ3) is 3.35. The number of rotatable bonds is 4. The number of hydrogen-bond acceptors (Lipinski definition) is 4. The second kappa shape index (κ2) is 6.13. The Kier molecular flexibility index (Phi) is 4.84. The fraction of sp³-hybridized carbons (Fsp3) is 0.182. The van der Waals surface area contributed by atoms with Gasteiger partial charge >= 0.3 is 10.2 Å². The molecule has 1 aromatic carbocycles. The van der Waals surface area contributed by atoms with E-state index in [1.807, 2.05) is 0 Å². The predicted molar refractivity (Wildman–Crippen MR) is 80.8 cm³/mol. The lowest BCUT2D eigenvalue weighted by molar-refractivity contribution is 0.495. The van der Waals surface area contributed by atoms with Gasteiger partial charge in [0.25, 0.3) is 0 Å². The van der Waals surface area contributed by atoms with Crippen LogP contribution in [0, 0.1) is 5.82 Å². The van der Waals surface area contributed by atoms with Gasteiger partial charge in [-0.1, -0.05) is 35.0 Å². The quantitative estimate of drug-likeness (QED) is 0.830. The Morgan fingerprint density at radius 2 is 2.00 bits per heavy atom. The Bertz CT molecular complexity index is 778. The van der Waals surface area contributed by atoms with Crippen molar-refractivity contribution in [1.82, 2.24) is 13.5 Å². The molecule has 0 aliphatic carbocycles. The summed E-state index contributed by atoms with van der Waals surface area (Å²) < 4.78 is 39.6. The van der Waals surface area contributed by atoms with Crippen molar-refractivity contribution in [3.05, 3.63) is 40.3 Å². The molecule has 0 spiro atoms. The molecular formula is C11H10Cl2FN3O2S2. The summed E-state index contributed by atoms with van der Waals surface area (Å²) in [6.45, 7) is 0. The number of hydrogen-bond donors (Lipinski definition) is 0. The Hall–Kier alpha value is -0.800.